The van der Waals surface area contributed by atoms with Crippen molar-refractivity contribution in [3.8, 4) is 0 Å². The number of hydrogen-bond acceptors (Lipinski definition) is 3. The third-order valence-corrected chi connectivity index (χ3v) is 3.47. The van der Waals surface area contributed by atoms with E-state index in [4.69, 9.17) is 4.74 Å². The molecule has 1 aliphatic heterocycles. The highest BCUT2D eigenvalue weighted by molar-refractivity contribution is 5.86. The Hall–Kier alpha value is -1.30. The Bertz CT molecular complexity index is 348. The van der Waals surface area contributed by atoms with Crippen LogP contribution in [0.15, 0.2) is 0 Å². The SMILES string of the molecule is CCCC(C)(NC(=O)N1CC(C)OCC1C)C(=O)O. The maximum Gasteiger partial charge on any atom is 0.329 e. The summed E-state index contributed by atoms with van der Waals surface area (Å²) in [6, 6.07) is -0.378. The van der Waals surface area contributed by atoms with Crippen molar-refractivity contribution >= 4 is 12.0 Å². The lowest BCUT2D eigenvalue weighted by Crippen LogP contribution is -2.60. The minimum Gasteiger partial charge on any atom is -0.480 e. The second-order valence-electron chi connectivity index (χ2n) is 5.46. The molecule has 3 atom stereocenters. The van der Waals surface area contributed by atoms with Gasteiger partial charge in [0.1, 0.15) is 5.54 Å². The molecule has 110 valence electrons. The molecule has 2 N–H and O–H groups in total. The van der Waals surface area contributed by atoms with Crippen LogP contribution in [-0.2, 0) is 9.53 Å². The second-order valence-corrected chi connectivity index (χ2v) is 5.46. The topological polar surface area (TPSA) is 78.9 Å². The number of ether oxygens (including phenoxy) is 1. The molecule has 1 aliphatic rings. The van der Waals surface area contributed by atoms with Gasteiger partial charge in [-0.1, -0.05) is 13.3 Å². The standard InChI is InChI=1S/C13H24N2O4/c1-5-6-13(4,11(16)17)14-12(18)15-7-10(3)19-8-9(15)2/h9-10H,5-8H2,1-4H3,(H,14,18)(H,16,17). The number of urea groups is 1. The van der Waals surface area contributed by atoms with Crippen molar-refractivity contribution in [3.05, 3.63) is 0 Å². The lowest BCUT2D eigenvalue weighted by Gasteiger charge is -2.38. The quantitative estimate of drug-likeness (QED) is 0.812. The van der Waals surface area contributed by atoms with Crippen molar-refractivity contribution in [1.82, 2.24) is 10.2 Å². The molecule has 0 bridgehead atoms. The van der Waals surface area contributed by atoms with E-state index in [2.05, 4.69) is 5.32 Å². The Morgan fingerprint density at radius 2 is 2.11 bits per heavy atom. The summed E-state index contributed by atoms with van der Waals surface area (Å²) in [5.41, 5.74) is -1.22. The Kier molecular flexibility index (Phi) is 5.17. The van der Waals surface area contributed by atoms with Crippen molar-refractivity contribution in [1.29, 1.82) is 0 Å². The molecule has 0 spiro atoms. The molecule has 0 aromatic heterocycles. The highest BCUT2D eigenvalue weighted by Gasteiger charge is 2.37. The van der Waals surface area contributed by atoms with Gasteiger partial charge in [0.25, 0.3) is 0 Å². The number of nitrogens with one attached hydrogen (secondary N) is 1. The van der Waals surface area contributed by atoms with Crippen molar-refractivity contribution < 1.29 is 19.4 Å². The zero-order chi connectivity index (χ0) is 14.6. The smallest absolute Gasteiger partial charge is 0.329 e. The van der Waals surface area contributed by atoms with E-state index < -0.39 is 11.5 Å². The molecule has 6 nitrogen and oxygen atoms in total. The molecule has 1 saturated heterocycles. The first-order valence-corrected chi connectivity index (χ1v) is 6.74. The number of hydrogen-bond donors (Lipinski definition) is 2. The minimum atomic E-state index is -1.22. The second kappa shape index (κ2) is 6.23. The molecule has 2 amide bonds. The summed E-state index contributed by atoms with van der Waals surface area (Å²) in [6.07, 6.45) is 1.07. The van der Waals surface area contributed by atoms with Gasteiger partial charge in [0, 0.05) is 6.54 Å². The first-order chi connectivity index (χ1) is 8.80. The van der Waals surface area contributed by atoms with Crippen LogP contribution < -0.4 is 5.32 Å². The number of carbonyl (C=O) groups is 2. The third-order valence-electron chi connectivity index (χ3n) is 3.47. The van der Waals surface area contributed by atoms with E-state index in [1.54, 1.807) is 11.8 Å². The van der Waals surface area contributed by atoms with Crippen LogP contribution in [-0.4, -0.2) is 52.8 Å². The number of carbonyl (C=O) groups excluding carboxylic acids is 1. The fourth-order valence-electron chi connectivity index (χ4n) is 2.22. The molecule has 3 unspecified atom stereocenters. The number of morpholine rings is 1. The van der Waals surface area contributed by atoms with E-state index in [0.29, 0.717) is 26.0 Å². The molecule has 0 aromatic rings. The van der Waals surface area contributed by atoms with E-state index in [-0.39, 0.29) is 18.2 Å². The van der Waals surface area contributed by atoms with Crippen LogP contribution in [0.4, 0.5) is 4.79 Å². The van der Waals surface area contributed by atoms with Crippen LogP contribution in [0, 0.1) is 0 Å². The van der Waals surface area contributed by atoms with Gasteiger partial charge in [0.05, 0.1) is 18.8 Å². The average Bonchev–Trinajstić information content (AvgIpc) is 2.32. The summed E-state index contributed by atoms with van der Waals surface area (Å²) >= 11 is 0. The number of carboxylic acid groups (broad SMARTS) is 1. The van der Waals surface area contributed by atoms with E-state index in [1.165, 1.54) is 0 Å². The monoisotopic (exact) mass is 272 g/mol. The molecule has 6 heteroatoms. The van der Waals surface area contributed by atoms with Gasteiger partial charge in [-0.25, -0.2) is 9.59 Å². The molecule has 0 radical (unpaired) electrons. The molecule has 19 heavy (non-hydrogen) atoms. The van der Waals surface area contributed by atoms with E-state index in [0.717, 1.165) is 0 Å². The molecule has 0 aromatic carbocycles. The highest BCUT2D eigenvalue weighted by Crippen LogP contribution is 2.16. The lowest BCUT2D eigenvalue weighted by molar-refractivity contribution is -0.144. The van der Waals surface area contributed by atoms with Gasteiger partial charge in [-0.05, 0) is 27.2 Å². The summed E-state index contributed by atoms with van der Waals surface area (Å²) in [6.45, 7) is 8.19. The number of aliphatic carboxylic acids is 1. The summed E-state index contributed by atoms with van der Waals surface area (Å²) in [7, 11) is 0. The van der Waals surface area contributed by atoms with Gasteiger partial charge in [0.2, 0.25) is 0 Å². The fraction of sp³-hybridized carbons (Fsp3) is 0.846. The first-order valence-electron chi connectivity index (χ1n) is 6.74. The number of amides is 2. The van der Waals surface area contributed by atoms with Gasteiger partial charge in [-0.15, -0.1) is 0 Å². The summed E-state index contributed by atoms with van der Waals surface area (Å²) in [4.78, 5) is 25.2. The average molecular weight is 272 g/mol. The third kappa shape index (κ3) is 3.83. The largest absolute Gasteiger partial charge is 0.480 e. The predicted octanol–water partition coefficient (Wildman–Crippen LogP) is 1.45. The Morgan fingerprint density at radius 1 is 1.47 bits per heavy atom. The van der Waals surface area contributed by atoms with Crippen molar-refractivity contribution in [2.45, 2.75) is 58.2 Å². The van der Waals surface area contributed by atoms with E-state index in [9.17, 15) is 14.7 Å². The Labute approximate surface area is 114 Å². The van der Waals surface area contributed by atoms with Gasteiger partial charge in [0.15, 0.2) is 0 Å². The van der Waals surface area contributed by atoms with Gasteiger partial charge in [-0.3, -0.25) is 0 Å². The van der Waals surface area contributed by atoms with E-state index in [1.807, 2.05) is 20.8 Å². The van der Waals surface area contributed by atoms with Crippen LogP contribution in [0.3, 0.4) is 0 Å². The molecular formula is C13H24N2O4. The van der Waals surface area contributed by atoms with Crippen molar-refractivity contribution in [3.63, 3.8) is 0 Å². The van der Waals surface area contributed by atoms with Crippen LogP contribution in [0.1, 0.15) is 40.5 Å². The zero-order valence-corrected chi connectivity index (χ0v) is 12.1. The molecule has 0 aliphatic carbocycles. The zero-order valence-electron chi connectivity index (χ0n) is 12.1. The first kappa shape index (κ1) is 15.8. The fourth-order valence-corrected chi connectivity index (χ4v) is 2.22. The van der Waals surface area contributed by atoms with Crippen LogP contribution in [0.25, 0.3) is 0 Å². The predicted molar refractivity (Wildman–Crippen MR) is 71.1 cm³/mol. The van der Waals surface area contributed by atoms with Gasteiger partial charge < -0.3 is 20.1 Å². The van der Waals surface area contributed by atoms with Gasteiger partial charge >= 0.3 is 12.0 Å². The number of rotatable bonds is 4. The molecular weight excluding hydrogens is 248 g/mol. The van der Waals surface area contributed by atoms with Crippen LogP contribution in [0.5, 0.6) is 0 Å². The minimum absolute atomic E-state index is 0.0239. The summed E-state index contributed by atoms with van der Waals surface area (Å²) in [5.74, 6) is -1.00. The summed E-state index contributed by atoms with van der Waals surface area (Å²) in [5, 5.41) is 11.9. The van der Waals surface area contributed by atoms with Crippen molar-refractivity contribution in [2.24, 2.45) is 0 Å². The van der Waals surface area contributed by atoms with Gasteiger partial charge in [-0.2, -0.15) is 0 Å². The van der Waals surface area contributed by atoms with E-state index >= 15 is 0 Å². The number of nitrogens with zero attached hydrogens (tertiary/aromatic N) is 1. The Morgan fingerprint density at radius 3 is 2.63 bits per heavy atom. The molecule has 1 rings (SSSR count). The van der Waals surface area contributed by atoms with Crippen LogP contribution >= 0.6 is 0 Å². The van der Waals surface area contributed by atoms with Crippen molar-refractivity contribution in [2.75, 3.05) is 13.2 Å². The lowest BCUT2D eigenvalue weighted by atomic mass is 9.96. The normalized spacial score (nSPS) is 26.6. The molecule has 1 heterocycles. The maximum atomic E-state index is 12.2. The Balaban J connectivity index is 2.73. The summed E-state index contributed by atoms with van der Waals surface area (Å²) < 4.78 is 5.46. The maximum absolute atomic E-state index is 12.2. The van der Waals surface area contributed by atoms with Crippen LogP contribution in [0.2, 0.25) is 0 Å². The molecule has 1 fully saturated rings. The number of carboxylic acids is 1. The molecule has 0 saturated carbocycles. The highest BCUT2D eigenvalue weighted by atomic mass is 16.5.